The fourth-order valence-corrected chi connectivity index (χ4v) is 2.32. The van der Waals surface area contributed by atoms with E-state index in [1.807, 2.05) is 6.07 Å². The number of nitro groups is 2. The number of primary amides is 1. The average molecular weight is 330 g/mol. The second kappa shape index (κ2) is 6.32. The molecule has 0 aromatic heterocycles. The Hall–Kier alpha value is -3.49. The van der Waals surface area contributed by atoms with Crippen LogP contribution in [0.3, 0.4) is 0 Å². The van der Waals surface area contributed by atoms with Crippen molar-refractivity contribution >= 4 is 28.7 Å². The van der Waals surface area contributed by atoms with Gasteiger partial charge in [0.15, 0.2) is 0 Å². The molecule has 9 heteroatoms. The van der Waals surface area contributed by atoms with Crippen molar-refractivity contribution < 1.29 is 14.6 Å². The van der Waals surface area contributed by atoms with Gasteiger partial charge in [0.05, 0.1) is 21.5 Å². The molecule has 2 aromatic carbocycles. The smallest absolute Gasteiger partial charge is 0.300 e. The zero-order valence-corrected chi connectivity index (χ0v) is 12.9. The lowest BCUT2D eigenvalue weighted by Crippen LogP contribution is -2.15. The lowest BCUT2D eigenvalue weighted by molar-refractivity contribution is -0.393. The van der Waals surface area contributed by atoms with Crippen LogP contribution in [0.15, 0.2) is 30.3 Å². The van der Waals surface area contributed by atoms with Crippen LogP contribution in [0.4, 0.5) is 22.7 Å². The van der Waals surface area contributed by atoms with Crippen molar-refractivity contribution in [2.45, 2.75) is 13.8 Å². The zero-order valence-electron chi connectivity index (χ0n) is 12.9. The molecule has 2 rings (SSSR count). The summed E-state index contributed by atoms with van der Waals surface area (Å²) in [5, 5.41) is 25.1. The van der Waals surface area contributed by atoms with Crippen molar-refractivity contribution in [1.29, 1.82) is 0 Å². The predicted molar refractivity (Wildman–Crippen MR) is 87.5 cm³/mol. The molecule has 0 spiro atoms. The number of aryl methyl sites for hydroxylation is 2. The molecule has 24 heavy (non-hydrogen) atoms. The van der Waals surface area contributed by atoms with Crippen molar-refractivity contribution in [3.63, 3.8) is 0 Å². The number of para-hydroxylation sites is 1. The van der Waals surface area contributed by atoms with E-state index in [1.165, 1.54) is 0 Å². The first-order chi connectivity index (χ1) is 11.2. The highest BCUT2D eigenvalue weighted by Gasteiger charge is 2.27. The summed E-state index contributed by atoms with van der Waals surface area (Å²) in [5.41, 5.74) is 5.74. The summed E-state index contributed by atoms with van der Waals surface area (Å²) in [7, 11) is 0. The van der Waals surface area contributed by atoms with Crippen LogP contribution in [0.2, 0.25) is 0 Å². The number of benzene rings is 2. The van der Waals surface area contributed by atoms with Crippen molar-refractivity contribution in [2.75, 3.05) is 5.32 Å². The van der Waals surface area contributed by atoms with Crippen molar-refractivity contribution in [1.82, 2.24) is 0 Å². The number of carbonyl (C=O) groups is 1. The molecule has 2 aromatic rings. The van der Waals surface area contributed by atoms with Crippen molar-refractivity contribution in [3.05, 3.63) is 67.3 Å². The number of amides is 1. The predicted octanol–water partition coefficient (Wildman–Crippen LogP) is 2.96. The van der Waals surface area contributed by atoms with Gasteiger partial charge in [-0.1, -0.05) is 18.2 Å². The first kappa shape index (κ1) is 16.9. The maximum Gasteiger partial charge on any atom is 0.300 e. The van der Waals surface area contributed by atoms with Gasteiger partial charge in [0, 0.05) is 11.8 Å². The first-order valence-electron chi connectivity index (χ1n) is 6.82. The van der Waals surface area contributed by atoms with Crippen molar-refractivity contribution in [3.8, 4) is 0 Å². The van der Waals surface area contributed by atoms with E-state index in [9.17, 15) is 25.0 Å². The van der Waals surface area contributed by atoms with Gasteiger partial charge in [-0.05, 0) is 25.0 Å². The molecule has 0 heterocycles. The molecule has 0 bridgehead atoms. The van der Waals surface area contributed by atoms with Gasteiger partial charge in [-0.2, -0.15) is 0 Å². The Morgan fingerprint density at radius 2 is 1.62 bits per heavy atom. The van der Waals surface area contributed by atoms with Crippen LogP contribution in [0.5, 0.6) is 0 Å². The van der Waals surface area contributed by atoms with Crippen LogP contribution in [-0.4, -0.2) is 15.8 Å². The van der Waals surface area contributed by atoms with E-state index in [0.717, 1.165) is 23.3 Å². The number of nitrogens with zero attached hydrogens (tertiary/aromatic N) is 2. The summed E-state index contributed by atoms with van der Waals surface area (Å²) in [6.45, 7) is 3.58. The Morgan fingerprint density at radius 3 is 2.08 bits per heavy atom. The van der Waals surface area contributed by atoms with Gasteiger partial charge in [-0.25, -0.2) is 0 Å². The molecular weight excluding hydrogens is 316 g/mol. The highest BCUT2D eigenvalue weighted by atomic mass is 16.6. The molecule has 0 aliphatic heterocycles. The van der Waals surface area contributed by atoms with E-state index >= 15 is 0 Å². The minimum atomic E-state index is -1.00. The molecule has 0 saturated heterocycles. The van der Waals surface area contributed by atoms with E-state index in [4.69, 9.17) is 5.73 Å². The van der Waals surface area contributed by atoms with E-state index in [0.29, 0.717) is 5.69 Å². The van der Waals surface area contributed by atoms with Gasteiger partial charge in [0.2, 0.25) is 0 Å². The van der Waals surface area contributed by atoms with Gasteiger partial charge in [-0.3, -0.25) is 25.0 Å². The van der Waals surface area contributed by atoms with Gasteiger partial charge in [0.1, 0.15) is 5.69 Å². The lowest BCUT2D eigenvalue weighted by atomic mass is 10.1. The Kier molecular flexibility index (Phi) is 4.45. The molecule has 3 N–H and O–H groups in total. The Morgan fingerprint density at radius 1 is 1.04 bits per heavy atom. The van der Waals surface area contributed by atoms with Crippen LogP contribution in [0, 0.1) is 34.1 Å². The molecule has 124 valence electrons. The molecule has 1 amide bonds. The number of rotatable bonds is 5. The molecule has 0 aliphatic carbocycles. The standard InChI is InChI=1S/C15H14N4O5/c1-8-4-3-5-9(2)13(8)17-14-11(15(16)20)6-10(18(21)22)7-12(14)19(23)24/h3-7,17H,1-2H3,(H2,16,20). The molecule has 0 saturated carbocycles. The number of nitrogens with two attached hydrogens (primary N) is 1. The monoisotopic (exact) mass is 330 g/mol. The van der Waals surface area contributed by atoms with Gasteiger partial charge < -0.3 is 11.1 Å². The second-order valence-corrected chi connectivity index (χ2v) is 5.16. The number of non-ortho nitro benzene ring substituents is 1. The highest BCUT2D eigenvalue weighted by molar-refractivity contribution is 6.02. The number of hydrogen-bond acceptors (Lipinski definition) is 6. The van der Waals surface area contributed by atoms with Crippen LogP contribution in [0.1, 0.15) is 21.5 Å². The topological polar surface area (TPSA) is 141 Å². The SMILES string of the molecule is Cc1cccc(C)c1Nc1c(C(N)=O)cc([N+](=O)[O-])cc1[N+](=O)[O-]. The summed E-state index contributed by atoms with van der Waals surface area (Å²) < 4.78 is 0. The molecule has 0 aliphatic rings. The molecular formula is C15H14N4O5. The number of anilines is 2. The molecule has 9 nitrogen and oxygen atoms in total. The summed E-state index contributed by atoms with van der Waals surface area (Å²) in [6.07, 6.45) is 0. The normalized spacial score (nSPS) is 10.2. The minimum absolute atomic E-state index is 0.171. The van der Waals surface area contributed by atoms with Gasteiger partial charge in [0.25, 0.3) is 17.3 Å². The average Bonchev–Trinajstić information content (AvgIpc) is 2.50. The summed E-state index contributed by atoms with van der Waals surface area (Å²) in [6, 6.07) is 7.11. The highest BCUT2D eigenvalue weighted by Crippen LogP contribution is 2.36. The van der Waals surface area contributed by atoms with Gasteiger partial charge in [-0.15, -0.1) is 0 Å². The molecule has 0 radical (unpaired) electrons. The number of nitrogens with one attached hydrogen (secondary N) is 1. The maximum atomic E-state index is 11.7. The molecule has 0 atom stereocenters. The van der Waals surface area contributed by atoms with Crippen LogP contribution >= 0.6 is 0 Å². The van der Waals surface area contributed by atoms with Crippen LogP contribution in [0.25, 0.3) is 0 Å². The minimum Gasteiger partial charge on any atom is -0.366 e. The Balaban J connectivity index is 2.74. The Bertz CT molecular complexity index is 808. The third kappa shape index (κ3) is 3.14. The van der Waals surface area contributed by atoms with Gasteiger partial charge >= 0.3 is 0 Å². The maximum absolute atomic E-state index is 11.7. The summed E-state index contributed by atoms with van der Waals surface area (Å²) in [4.78, 5) is 32.3. The number of hydrogen-bond donors (Lipinski definition) is 2. The number of carbonyl (C=O) groups excluding carboxylic acids is 1. The molecule has 0 fully saturated rings. The van der Waals surface area contributed by atoms with E-state index in [2.05, 4.69) is 5.32 Å². The fraction of sp³-hybridized carbons (Fsp3) is 0.133. The largest absolute Gasteiger partial charge is 0.366 e. The van der Waals surface area contributed by atoms with Crippen LogP contribution < -0.4 is 11.1 Å². The number of nitro benzene ring substituents is 2. The van der Waals surface area contributed by atoms with E-state index in [1.54, 1.807) is 26.0 Å². The quantitative estimate of drug-likeness (QED) is 0.637. The van der Waals surface area contributed by atoms with Crippen molar-refractivity contribution in [2.24, 2.45) is 5.73 Å². The van der Waals surface area contributed by atoms with E-state index in [-0.39, 0.29) is 11.3 Å². The summed E-state index contributed by atoms with van der Waals surface area (Å²) in [5.74, 6) is -1.00. The molecule has 0 unspecified atom stereocenters. The van der Waals surface area contributed by atoms with E-state index < -0.39 is 27.1 Å². The third-order valence-electron chi connectivity index (χ3n) is 3.51. The fourth-order valence-electron chi connectivity index (χ4n) is 2.32. The third-order valence-corrected chi connectivity index (χ3v) is 3.51. The Labute approximate surface area is 136 Å². The zero-order chi connectivity index (χ0) is 18.0. The first-order valence-corrected chi connectivity index (χ1v) is 6.82. The second-order valence-electron chi connectivity index (χ2n) is 5.16. The lowest BCUT2D eigenvalue weighted by Gasteiger charge is -2.15. The summed E-state index contributed by atoms with van der Waals surface area (Å²) >= 11 is 0. The van der Waals surface area contributed by atoms with Crippen LogP contribution in [-0.2, 0) is 0 Å².